The molecule has 0 atom stereocenters. The molecular formula is C18H13F3N2O3S. The lowest BCUT2D eigenvalue weighted by Gasteiger charge is -2.11. The van der Waals surface area contributed by atoms with Gasteiger partial charge >= 0.3 is 0 Å². The first-order valence-electron chi connectivity index (χ1n) is 7.67. The third-order valence-corrected chi connectivity index (χ3v) is 4.91. The summed E-state index contributed by atoms with van der Waals surface area (Å²) in [5, 5.41) is 0. The summed E-state index contributed by atoms with van der Waals surface area (Å²) in [5.74, 6) is -2.24. The first-order chi connectivity index (χ1) is 12.8. The van der Waals surface area contributed by atoms with E-state index in [4.69, 9.17) is 4.74 Å². The number of sulfonamides is 1. The lowest BCUT2D eigenvalue weighted by molar-refractivity contribution is 0.450. The number of hydrogen-bond acceptors (Lipinski definition) is 4. The Hall–Kier alpha value is -2.91. The van der Waals surface area contributed by atoms with Gasteiger partial charge < -0.3 is 4.74 Å². The molecule has 1 heterocycles. The fraction of sp³-hybridized carbons (Fsp3) is 0.0556. The summed E-state index contributed by atoms with van der Waals surface area (Å²) in [6.07, 6.45) is 1.42. The van der Waals surface area contributed by atoms with Crippen LogP contribution in [0.4, 0.5) is 13.2 Å². The molecule has 3 aromatic rings. The molecule has 0 amide bonds. The highest BCUT2D eigenvalue weighted by atomic mass is 32.2. The summed E-state index contributed by atoms with van der Waals surface area (Å²) in [7, 11) is -4.32. The second kappa shape index (κ2) is 7.77. The van der Waals surface area contributed by atoms with Gasteiger partial charge in [-0.3, -0.25) is 0 Å². The number of halogens is 3. The Kier molecular flexibility index (Phi) is 5.43. The minimum atomic E-state index is -4.32. The number of nitrogens with zero attached hydrogens (tertiary/aromatic N) is 1. The molecule has 27 heavy (non-hydrogen) atoms. The lowest BCUT2D eigenvalue weighted by Crippen LogP contribution is -2.24. The summed E-state index contributed by atoms with van der Waals surface area (Å²) >= 11 is 0. The smallest absolute Gasteiger partial charge is 0.243 e. The molecule has 1 N–H and O–H groups in total. The number of nitrogens with one attached hydrogen (secondary N) is 1. The summed E-state index contributed by atoms with van der Waals surface area (Å²) in [6, 6.07) is 10.6. The largest absolute Gasteiger partial charge is 0.439 e. The zero-order chi connectivity index (χ0) is 19.4. The molecule has 0 bridgehead atoms. The highest BCUT2D eigenvalue weighted by molar-refractivity contribution is 7.89. The maximum absolute atomic E-state index is 13.7. The fourth-order valence-electron chi connectivity index (χ4n) is 2.23. The number of rotatable bonds is 6. The van der Waals surface area contributed by atoms with Crippen LogP contribution in [0.5, 0.6) is 11.6 Å². The topological polar surface area (TPSA) is 68.3 Å². The average Bonchev–Trinajstić information content (AvgIpc) is 2.63. The number of pyridine rings is 1. The Morgan fingerprint density at radius 3 is 2.52 bits per heavy atom. The van der Waals surface area contributed by atoms with Crippen molar-refractivity contribution in [3.8, 4) is 11.6 Å². The Morgan fingerprint density at radius 1 is 0.963 bits per heavy atom. The normalized spacial score (nSPS) is 11.4. The van der Waals surface area contributed by atoms with Crippen molar-refractivity contribution in [3.63, 3.8) is 0 Å². The Balaban J connectivity index is 1.81. The van der Waals surface area contributed by atoms with Gasteiger partial charge in [0.1, 0.15) is 28.1 Å². The van der Waals surface area contributed by atoms with E-state index >= 15 is 0 Å². The SMILES string of the molecule is O=S(=O)(NCc1cccnc1Oc1cccc(F)c1)c1cc(F)ccc1F. The number of ether oxygens (including phenoxy) is 1. The standard InChI is InChI=1S/C18H13F3N2O3S/c19-13-4-1-5-15(9-13)26-18-12(3-2-8-22-18)11-23-27(24,25)17-10-14(20)6-7-16(17)21/h1-10,23H,11H2. The van der Waals surface area contributed by atoms with Crippen molar-refractivity contribution in [2.45, 2.75) is 11.4 Å². The number of hydrogen-bond donors (Lipinski definition) is 1. The minimum Gasteiger partial charge on any atom is -0.439 e. The van der Waals surface area contributed by atoms with Crippen LogP contribution in [-0.4, -0.2) is 13.4 Å². The Labute approximate surface area is 153 Å². The minimum absolute atomic E-state index is 0.0468. The van der Waals surface area contributed by atoms with Gasteiger partial charge in [0.05, 0.1) is 0 Å². The molecule has 140 valence electrons. The van der Waals surface area contributed by atoms with E-state index in [1.165, 1.54) is 30.5 Å². The quantitative estimate of drug-likeness (QED) is 0.691. The molecule has 0 fully saturated rings. The Morgan fingerprint density at radius 2 is 1.74 bits per heavy atom. The third-order valence-electron chi connectivity index (χ3n) is 3.50. The molecule has 0 saturated heterocycles. The van der Waals surface area contributed by atoms with E-state index in [-0.39, 0.29) is 18.2 Å². The van der Waals surface area contributed by atoms with Crippen LogP contribution in [0.1, 0.15) is 5.56 Å². The number of benzene rings is 2. The molecular weight excluding hydrogens is 381 g/mol. The van der Waals surface area contributed by atoms with E-state index in [0.29, 0.717) is 11.6 Å². The molecule has 3 rings (SSSR count). The van der Waals surface area contributed by atoms with Gasteiger partial charge in [-0.1, -0.05) is 12.1 Å². The van der Waals surface area contributed by atoms with Gasteiger partial charge in [-0.15, -0.1) is 0 Å². The van der Waals surface area contributed by atoms with E-state index in [1.54, 1.807) is 6.07 Å². The maximum atomic E-state index is 13.7. The molecule has 0 radical (unpaired) electrons. The first-order valence-corrected chi connectivity index (χ1v) is 9.15. The molecule has 2 aromatic carbocycles. The van der Waals surface area contributed by atoms with E-state index in [0.717, 1.165) is 18.2 Å². The van der Waals surface area contributed by atoms with Crippen LogP contribution in [0.3, 0.4) is 0 Å². The van der Waals surface area contributed by atoms with Gasteiger partial charge in [0.25, 0.3) is 0 Å². The zero-order valence-corrected chi connectivity index (χ0v) is 14.5. The lowest BCUT2D eigenvalue weighted by atomic mass is 10.3. The molecule has 0 unspecified atom stereocenters. The molecule has 0 spiro atoms. The van der Waals surface area contributed by atoms with Crippen molar-refractivity contribution in [1.82, 2.24) is 9.71 Å². The number of aromatic nitrogens is 1. The van der Waals surface area contributed by atoms with Gasteiger partial charge in [0.15, 0.2) is 0 Å². The summed E-state index contributed by atoms with van der Waals surface area (Å²) < 4.78 is 72.5. The summed E-state index contributed by atoms with van der Waals surface area (Å²) in [6.45, 7) is -0.295. The van der Waals surface area contributed by atoms with Gasteiger partial charge in [-0.05, 0) is 36.4 Å². The predicted molar refractivity (Wildman–Crippen MR) is 91.1 cm³/mol. The van der Waals surface area contributed by atoms with Crippen molar-refractivity contribution < 1.29 is 26.3 Å². The highest BCUT2D eigenvalue weighted by Crippen LogP contribution is 2.24. The molecule has 0 saturated carbocycles. The van der Waals surface area contributed by atoms with Crippen LogP contribution >= 0.6 is 0 Å². The maximum Gasteiger partial charge on any atom is 0.243 e. The fourth-order valence-corrected chi connectivity index (χ4v) is 3.32. The Bertz CT molecular complexity index is 1070. The summed E-state index contributed by atoms with van der Waals surface area (Å²) in [5.41, 5.74) is 0.321. The van der Waals surface area contributed by atoms with Crippen LogP contribution in [-0.2, 0) is 16.6 Å². The predicted octanol–water partition coefficient (Wildman–Crippen LogP) is 3.77. The van der Waals surface area contributed by atoms with E-state index in [1.807, 2.05) is 0 Å². The second-order valence-electron chi connectivity index (χ2n) is 5.43. The summed E-state index contributed by atoms with van der Waals surface area (Å²) in [4.78, 5) is 3.19. The molecule has 1 aromatic heterocycles. The zero-order valence-electron chi connectivity index (χ0n) is 13.7. The second-order valence-corrected chi connectivity index (χ2v) is 7.16. The highest BCUT2D eigenvalue weighted by Gasteiger charge is 2.20. The van der Waals surface area contributed by atoms with Crippen LogP contribution in [0.15, 0.2) is 65.7 Å². The molecule has 5 nitrogen and oxygen atoms in total. The average molecular weight is 394 g/mol. The van der Waals surface area contributed by atoms with Gasteiger partial charge in [0, 0.05) is 24.4 Å². The van der Waals surface area contributed by atoms with Gasteiger partial charge in [0.2, 0.25) is 15.9 Å². The van der Waals surface area contributed by atoms with Crippen molar-refractivity contribution in [2.75, 3.05) is 0 Å². The molecule has 0 aliphatic heterocycles. The van der Waals surface area contributed by atoms with Crippen molar-refractivity contribution in [2.24, 2.45) is 0 Å². The first kappa shape index (κ1) is 18.9. The van der Waals surface area contributed by atoms with E-state index in [9.17, 15) is 21.6 Å². The van der Waals surface area contributed by atoms with Gasteiger partial charge in [-0.2, -0.15) is 0 Å². The molecule has 0 aliphatic carbocycles. The monoisotopic (exact) mass is 394 g/mol. The van der Waals surface area contributed by atoms with E-state index < -0.39 is 32.4 Å². The van der Waals surface area contributed by atoms with Crippen molar-refractivity contribution in [3.05, 3.63) is 83.8 Å². The van der Waals surface area contributed by atoms with Crippen LogP contribution < -0.4 is 9.46 Å². The van der Waals surface area contributed by atoms with Gasteiger partial charge in [-0.25, -0.2) is 31.3 Å². The molecule has 9 heteroatoms. The van der Waals surface area contributed by atoms with Crippen LogP contribution in [0.2, 0.25) is 0 Å². The third kappa shape index (κ3) is 4.63. The van der Waals surface area contributed by atoms with Crippen LogP contribution in [0, 0.1) is 17.5 Å². The van der Waals surface area contributed by atoms with E-state index in [2.05, 4.69) is 9.71 Å². The molecule has 0 aliphatic rings. The van der Waals surface area contributed by atoms with Crippen LogP contribution in [0.25, 0.3) is 0 Å². The van der Waals surface area contributed by atoms with Crippen molar-refractivity contribution in [1.29, 1.82) is 0 Å². The van der Waals surface area contributed by atoms with Crippen molar-refractivity contribution >= 4 is 10.0 Å².